The second-order valence-corrected chi connectivity index (χ2v) is 15.0. The summed E-state index contributed by atoms with van der Waals surface area (Å²) in [6.07, 6.45) is 21.9. The zero-order valence-corrected chi connectivity index (χ0v) is 22.1. The molecule has 0 spiro atoms. The fourth-order valence-electron chi connectivity index (χ4n) is 10.2. The lowest BCUT2D eigenvalue weighted by Crippen LogP contribution is -2.55. The lowest BCUT2D eigenvalue weighted by molar-refractivity contribution is -0.0237. The Morgan fingerprint density at radius 3 is 2.45 bits per heavy atom. The highest BCUT2D eigenvalue weighted by atomic mass is 14.7. The number of allylic oxidation sites excluding steroid dienone is 2. The van der Waals surface area contributed by atoms with Crippen molar-refractivity contribution in [3.8, 4) is 0 Å². The number of rotatable bonds is 5. The molecule has 0 saturated heterocycles. The molecule has 0 radical (unpaired) electrons. The molecular formula is C30H51B. The van der Waals surface area contributed by atoms with Crippen LogP contribution in [-0.4, -0.2) is 7.85 Å². The van der Waals surface area contributed by atoms with Gasteiger partial charge in [0, 0.05) is 0 Å². The summed E-state index contributed by atoms with van der Waals surface area (Å²) in [5.41, 5.74) is 4.03. The van der Waals surface area contributed by atoms with Crippen LogP contribution in [0.2, 0.25) is 5.31 Å². The largest absolute Gasteiger partial charge is 0.110 e. The highest BCUT2D eigenvalue weighted by Gasteiger charge is 2.64. The molecule has 7 atom stereocenters. The first-order valence-electron chi connectivity index (χ1n) is 14.2. The first kappa shape index (κ1) is 22.6. The predicted molar refractivity (Wildman–Crippen MR) is 137 cm³/mol. The first-order chi connectivity index (χ1) is 14.4. The summed E-state index contributed by atoms with van der Waals surface area (Å²) in [5.74, 6) is 3.86. The monoisotopic (exact) mass is 422 g/mol. The summed E-state index contributed by atoms with van der Waals surface area (Å²) in [6.45, 7) is 15.7. The zero-order valence-electron chi connectivity index (χ0n) is 22.1. The Morgan fingerprint density at radius 1 is 1.00 bits per heavy atom. The average molecular weight is 423 g/mol. The standard InChI is InChI=1S/C30H51B/c1-21-13-17-29(6)25-14-16-27(4)23(8-7-15-26(2,3)22-9-10-22)11-12-24(27)28(25,5)18-19-30(29,31)20-21/h14,21-24H,7-13,15-20,31H2,1-6H3. The first-order valence-corrected chi connectivity index (χ1v) is 14.2. The van der Waals surface area contributed by atoms with Gasteiger partial charge in [0.25, 0.3) is 0 Å². The topological polar surface area (TPSA) is 0 Å². The molecule has 4 saturated carbocycles. The van der Waals surface area contributed by atoms with Gasteiger partial charge in [0.2, 0.25) is 0 Å². The van der Waals surface area contributed by atoms with Crippen molar-refractivity contribution in [3.63, 3.8) is 0 Å². The highest BCUT2D eigenvalue weighted by molar-refractivity contribution is 6.16. The van der Waals surface area contributed by atoms with Crippen LogP contribution in [0.25, 0.3) is 0 Å². The smallest absolute Gasteiger partial charge is 0.0837 e. The third-order valence-corrected chi connectivity index (χ3v) is 12.8. The molecule has 0 heterocycles. The average Bonchev–Trinajstić information content (AvgIpc) is 3.49. The summed E-state index contributed by atoms with van der Waals surface area (Å²) >= 11 is 0. The zero-order chi connectivity index (χ0) is 22.3. The predicted octanol–water partition coefficient (Wildman–Crippen LogP) is 8.37. The molecule has 5 rings (SSSR count). The minimum atomic E-state index is 0.459. The van der Waals surface area contributed by atoms with Gasteiger partial charge in [0.1, 0.15) is 7.85 Å². The minimum absolute atomic E-state index is 0.459. The van der Waals surface area contributed by atoms with E-state index in [0.29, 0.717) is 27.0 Å². The summed E-state index contributed by atoms with van der Waals surface area (Å²) in [7, 11) is 2.66. The Labute approximate surface area is 195 Å². The van der Waals surface area contributed by atoms with E-state index in [1.807, 2.05) is 5.57 Å². The Bertz CT molecular complexity index is 746. The third kappa shape index (κ3) is 3.28. The molecule has 4 fully saturated rings. The molecule has 7 unspecified atom stereocenters. The van der Waals surface area contributed by atoms with Gasteiger partial charge in [-0.2, -0.15) is 0 Å². The van der Waals surface area contributed by atoms with Crippen molar-refractivity contribution >= 4 is 7.85 Å². The fraction of sp³-hybridized carbons (Fsp3) is 0.933. The van der Waals surface area contributed by atoms with Gasteiger partial charge in [-0.05, 0) is 115 Å². The van der Waals surface area contributed by atoms with E-state index in [4.69, 9.17) is 0 Å². The molecule has 1 heteroatoms. The van der Waals surface area contributed by atoms with Crippen LogP contribution in [-0.2, 0) is 0 Å². The normalized spacial score (nSPS) is 49.7. The van der Waals surface area contributed by atoms with Crippen LogP contribution >= 0.6 is 0 Å². The van der Waals surface area contributed by atoms with E-state index in [-0.39, 0.29) is 0 Å². The second-order valence-electron chi connectivity index (χ2n) is 15.0. The Kier molecular flexibility index (Phi) is 5.21. The van der Waals surface area contributed by atoms with Gasteiger partial charge in [-0.25, -0.2) is 0 Å². The Hall–Kier alpha value is -0.195. The fourth-order valence-corrected chi connectivity index (χ4v) is 10.2. The van der Waals surface area contributed by atoms with E-state index >= 15 is 0 Å². The summed E-state index contributed by atoms with van der Waals surface area (Å²) < 4.78 is 0. The van der Waals surface area contributed by atoms with Gasteiger partial charge in [-0.15, -0.1) is 0 Å². The van der Waals surface area contributed by atoms with E-state index < -0.39 is 0 Å². The van der Waals surface area contributed by atoms with Gasteiger partial charge in [0.05, 0.1) is 0 Å². The van der Waals surface area contributed by atoms with Crippen LogP contribution in [0.1, 0.15) is 125 Å². The van der Waals surface area contributed by atoms with Crippen molar-refractivity contribution < 1.29 is 0 Å². The van der Waals surface area contributed by atoms with Crippen LogP contribution in [0.5, 0.6) is 0 Å². The molecule has 0 bridgehead atoms. The van der Waals surface area contributed by atoms with Crippen molar-refractivity contribution in [2.75, 3.05) is 0 Å². The maximum Gasteiger partial charge on any atom is 0.110 e. The molecule has 0 nitrogen and oxygen atoms in total. The van der Waals surface area contributed by atoms with E-state index in [0.717, 1.165) is 23.7 Å². The van der Waals surface area contributed by atoms with Crippen molar-refractivity contribution in [3.05, 3.63) is 11.6 Å². The molecule has 0 N–H and O–H groups in total. The second kappa shape index (κ2) is 7.15. The van der Waals surface area contributed by atoms with Crippen LogP contribution in [0.4, 0.5) is 0 Å². The third-order valence-electron chi connectivity index (χ3n) is 12.8. The van der Waals surface area contributed by atoms with Crippen molar-refractivity contribution in [2.45, 2.75) is 130 Å². The van der Waals surface area contributed by atoms with Crippen LogP contribution in [0.3, 0.4) is 0 Å². The summed E-state index contributed by atoms with van der Waals surface area (Å²) in [4.78, 5) is 0. The van der Waals surface area contributed by atoms with Gasteiger partial charge >= 0.3 is 0 Å². The molecule has 0 aliphatic heterocycles. The van der Waals surface area contributed by atoms with Gasteiger partial charge < -0.3 is 0 Å². The highest BCUT2D eigenvalue weighted by Crippen LogP contribution is 2.75. The summed E-state index contributed by atoms with van der Waals surface area (Å²) in [5, 5.41) is 0.538. The molecular weight excluding hydrogens is 371 g/mol. The molecule has 5 aliphatic carbocycles. The minimum Gasteiger partial charge on any atom is -0.0837 e. The maximum atomic E-state index is 2.84. The molecule has 5 aliphatic rings. The molecule has 174 valence electrons. The number of fused-ring (bicyclic) bond motifs is 5. The summed E-state index contributed by atoms with van der Waals surface area (Å²) in [6, 6.07) is 0. The van der Waals surface area contributed by atoms with Gasteiger partial charge in [-0.3, -0.25) is 0 Å². The Balaban J connectivity index is 1.36. The molecule has 0 aromatic carbocycles. The number of hydrogen-bond donors (Lipinski definition) is 0. The Morgan fingerprint density at radius 2 is 1.74 bits per heavy atom. The van der Waals surface area contributed by atoms with E-state index in [1.165, 1.54) is 83.5 Å². The van der Waals surface area contributed by atoms with Crippen LogP contribution in [0, 0.1) is 45.3 Å². The molecule has 0 aromatic heterocycles. The molecule has 0 aromatic rings. The van der Waals surface area contributed by atoms with Crippen LogP contribution < -0.4 is 0 Å². The van der Waals surface area contributed by atoms with E-state index in [9.17, 15) is 0 Å². The van der Waals surface area contributed by atoms with Crippen molar-refractivity contribution in [2.24, 2.45) is 45.3 Å². The quantitative estimate of drug-likeness (QED) is 0.308. The van der Waals surface area contributed by atoms with Crippen molar-refractivity contribution in [1.82, 2.24) is 0 Å². The maximum absolute atomic E-state index is 2.84. The van der Waals surface area contributed by atoms with Crippen molar-refractivity contribution in [1.29, 1.82) is 0 Å². The van der Waals surface area contributed by atoms with Gasteiger partial charge in [-0.1, -0.05) is 72.5 Å². The lowest BCUT2D eigenvalue weighted by Gasteiger charge is -2.66. The van der Waals surface area contributed by atoms with Gasteiger partial charge in [0.15, 0.2) is 0 Å². The lowest BCUT2D eigenvalue weighted by atomic mass is 9.34. The number of hydrogen-bond acceptors (Lipinski definition) is 0. The molecule has 31 heavy (non-hydrogen) atoms. The van der Waals surface area contributed by atoms with E-state index in [2.05, 4.69) is 55.5 Å². The van der Waals surface area contributed by atoms with Crippen LogP contribution in [0.15, 0.2) is 11.6 Å². The SMILES string of the molecule is BC12CCC3(C)C(=CCC4(C)C(CCCC(C)(C)C5CC5)CCC34)C1(C)CCC(C)C2. The van der Waals surface area contributed by atoms with E-state index in [1.54, 1.807) is 0 Å². The molecule has 0 amide bonds.